The monoisotopic (exact) mass is 478 g/mol. The van der Waals surface area contributed by atoms with Gasteiger partial charge in [-0.3, -0.25) is 9.52 Å². The van der Waals surface area contributed by atoms with Crippen LogP contribution < -0.4 is 20.3 Å². The highest BCUT2D eigenvalue weighted by molar-refractivity contribution is 7.92. The second-order valence-corrected chi connectivity index (χ2v) is 9.99. The number of piperazine rings is 1. The van der Waals surface area contributed by atoms with E-state index in [-0.39, 0.29) is 16.9 Å². The van der Waals surface area contributed by atoms with Crippen LogP contribution in [-0.2, 0) is 14.8 Å². The van der Waals surface area contributed by atoms with E-state index in [9.17, 15) is 13.2 Å². The molecule has 1 amide bonds. The van der Waals surface area contributed by atoms with E-state index in [1.165, 1.54) is 24.3 Å². The Labute approximate surface area is 193 Å². The Balaban J connectivity index is 1.58. The molecule has 0 aliphatic carbocycles. The lowest BCUT2D eigenvalue weighted by atomic mass is 10.1. The maximum Gasteiger partial charge on any atom is 0.261 e. The summed E-state index contributed by atoms with van der Waals surface area (Å²) in [5.74, 6) is -0.249. The zero-order valence-corrected chi connectivity index (χ0v) is 19.2. The highest BCUT2D eigenvalue weighted by atomic mass is 35.5. The summed E-state index contributed by atoms with van der Waals surface area (Å²) >= 11 is 5.87. The van der Waals surface area contributed by atoms with E-state index in [0.717, 1.165) is 44.7 Å². The highest BCUT2D eigenvalue weighted by Crippen LogP contribution is 2.27. The number of ether oxygens (including phenoxy) is 1. The summed E-state index contributed by atoms with van der Waals surface area (Å²) in [5, 5.41) is 6.70. The first-order chi connectivity index (χ1) is 15.4. The Kier molecular flexibility index (Phi) is 7.20. The molecule has 4 rings (SSSR count). The third-order valence-corrected chi connectivity index (χ3v) is 7.24. The maximum atomic E-state index is 13.1. The van der Waals surface area contributed by atoms with Gasteiger partial charge in [0.1, 0.15) is 0 Å². The topological polar surface area (TPSA) is 99.8 Å². The number of carbonyl (C=O) groups is 1. The molecule has 2 heterocycles. The normalized spacial score (nSPS) is 19.0. The van der Waals surface area contributed by atoms with E-state index >= 15 is 0 Å². The molecule has 2 aliphatic heterocycles. The quantitative estimate of drug-likeness (QED) is 0.565. The minimum atomic E-state index is -3.82. The summed E-state index contributed by atoms with van der Waals surface area (Å²) in [5.41, 5.74) is 1.54. The highest BCUT2D eigenvalue weighted by Gasteiger charge is 2.23. The molecule has 8 nitrogen and oxygen atoms in total. The number of rotatable bonds is 7. The molecule has 2 saturated heterocycles. The van der Waals surface area contributed by atoms with Gasteiger partial charge in [0.25, 0.3) is 15.9 Å². The van der Waals surface area contributed by atoms with Gasteiger partial charge in [0, 0.05) is 55.7 Å². The number of nitrogens with one attached hydrogen (secondary N) is 3. The van der Waals surface area contributed by atoms with Crippen LogP contribution in [0.5, 0.6) is 0 Å². The van der Waals surface area contributed by atoms with Crippen molar-refractivity contribution in [1.29, 1.82) is 0 Å². The standard InChI is InChI=1S/C22H27ClN4O4S/c23-16-3-6-19(7-4-16)32(29,30)26-17-5-8-21(27-11-9-24-10-12-27)20(14-17)22(28)25-15-18-2-1-13-31-18/h3-8,14,18,24,26H,1-2,9-13,15H2,(H,25,28). The van der Waals surface area contributed by atoms with Crippen LogP contribution >= 0.6 is 11.6 Å². The fraction of sp³-hybridized carbons (Fsp3) is 0.409. The van der Waals surface area contributed by atoms with Crippen LogP contribution in [0.1, 0.15) is 23.2 Å². The smallest absolute Gasteiger partial charge is 0.261 e. The predicted octanol–water partition coefficient (Wildman–Crippen LogP) is 2.46. The minimum absolute atomic E-state index is 0.0215. The number of nitrogens with zero attached hydrogens (tertiary/aromatic N) is 1. The Bertz CT molecular complexity index is 1050. The van der Waals surface area contributed by atoms with Gasteiger partial charge in [-0.25, -0.2) is 8.42 Å². The van der Waals surface area contributed by atoms with Crippen molar-refractivity contribution in [3.05, 3.63) is 53.1 Å². The van der Waals surface area contributed by atoms with Gasteiger partial charge >= 0.3 is 0 Å². The van der Waals surface area contributed by atoms with Gasteiger partial charge in [0.2, 0.25) is 0 Å². The lowest BCUT2D eigenvalue weighted by molar-refractivity contribution is 0.0858. The van der Waals surface area contributed by atoms with Crippen LogP contribution in [0.15, 0.2) is 47.4 Å². The van der Waals surface area contributed by atoms with Crippen molar-refractivity contribution in [2.24, 2.45) is 0 Å². The average molecular weight is 479 g/mol. The first kappa shape index (κ1) is 22.8. The molecule has 10 heteroatoms. The fourth-order valence-corrected chi connectivity index (χ4v) is 5.07. The van der Waals surface area contributed by atoms with Gasteiger partial charge in [0.05, 0.1) is 16.6 Å². The van der Waals surface area contributed by atoms with E-state index in [1.807, 2.05) is 0 Å². The molecule has 0 radical (unpaired) electrons. The van der Waals surface area contributed by atoms with Crippen molar-refractivity contribution in [3.63, 3.8) is 0 Å². The van der Waals surface area contributed by atoms with Gasteiger partial charge in [-0.15, -0.1) is 0 Å². The second kappa shape index (κ2) is 10.1. The van der Waals surface area contributed by atoms with Crippen LogP contribution in [-0.4, -0.2) is 59.8 Å². The van der Waals surface area contributed by atoms with Gasteiger partial charge in [-0.05, 0) is 55.3 Å². The number of carbonyl (C=O) groups excluding carboxylic acids is 1. The molecular weight excluding hydrogens is 452 g/mol. The molecule has 2 aromatic carbocycles. The van der Waals surface area contributed by atoms with Crippen molar-refractivity contribution in [3.8, 4) is 0 Å². The Morgan fingerprint density at radius 3 is 2.59 bits per heavy atom. The summed E-state index contributed by atoms with van der Waals surface area (Å²) in [6, 6.07) is 11.0. The maximum absolute atomic E-state index is 13.1. The van der Waals surface area contributed by atoms with Crippen LogP contribution in [0.3, 0.4) is 0 Å². The van der Waals surface area contributed by atoms with E-state index in [1.54, 1.807) is 18.2 Å². The lowest BCUT2D eigenvalue weighted by Crippen LogP contribution is -2.44. The molecule has 0 aromatic heterocycles. The predicted molar refractivity (Wildman–Crippen MR) is 125 cm³/mol. The third kappa shape index (κ3) is 5.53. The Hall–Kier alpha value is -2.33. The SMILES string of the molecule is O=C(NCC1CCCO1)c1cc(NS(=O)(=O)c2ccc(Cl)cc2)ccc1N1CCNCC1. The molecule has 0 spiro atoms. The fourth-order valence-electron chi connectivity index (χ4n) is 3.90. The van der Waals surface area contributed by atoms with Crippen LogP contribution in [0, 0.1) is 0 Å². The lowest BCUT2D eigenvalue weighted by Gasteiger charge is -2.31. The number of hydrogen-bond donors (Lipinski definition) is 3. The third-order valence-electron chi connectivity index (χ3n) is 5.59. The summed E-state index contributed by atoms with van der Waals surface area (Å²) < 4.78 is 33.7. The van der Waals surface area contributed by atoms with Crippen LogP contribution in [0.25, 0.3) is 0 Å². The van der Waals surface area contributed by atoms with E-state index < -0.39 is 10.0 Å². The van der Waals surface area contributed by atoms with Crippen molar-refractivity contribution < 1.29 is 17.9 Å². The molecule has 172 valence electrons. The molecule has 0 saturated carbocycles. The number of hydrogen-bond acceptors (Lipinski definition) is 6. The molecule has 1 atom stereocenters. The number of anilines is 2. The Morgan fingerprint density at radius 2 is 1.91 bits per heavy atom. The molecule has 2 fully saturated rings. The van der Waals surface area contributed by atoms with Crippen molar-refractivity contribution in [2.75, 3.05) is 49.0 Å². The van der Waals surface area contributed by atoms with Gasteiger partial charge in [-0.2, -0.15) is 0 Å². The van der Waals surface area contributed by atoms with Crippen molar-refractivity contribution in [2.45, 2.75) is 23.8 Å². The second-order valence-electron chi connectivity index (χ2n) is 7.87. The summed E-state index contributed by atoms with van der Waals surface area (Å²) in [4.78, 5) is 15.3. The summed E-state index contributed by atoms with van der Waals surface area (Å²) in [6.45, 7) is 4.32. The van der Waals surface area contributed by atoms with Crippen LogP contribution in [0.2, 0.25) is 5.02 Å². The van der Waals surface area contributed by atoms with Gasteiger partial charge in [-0.1, -0.05) is 11.6 Å². The first-order valence-corrected chi connectivity index (χ1v) is 12.6. The van der Waals surface area contributed by atoms with E-state index in [4.69, 9.17) is 16.3 Å². The van der Waals surface area contributed by atoms with E-state index in [2.05, 4.69) is 20.3 Å². The van der Waals surface area contributed by atoms with Crippen molar-refractivity contribution in [1.82, 2.24) is 10.6 Å². The molecule has 2 aliphatic rings. The number of halogens is 1. The number of benzene rings is 2. The molecule has 32 heavy (non-hydrogen) atoms. The number of sulfonamides is 1. The van der Waals surface area contributed by atoms with Gasteiger partial charge < -0.3 is 20.3 Å². The van der Waals surface area contributed by atoms with E-state index in [0.29, 0.717) is 29.4 Å². The number of amides is 1. The molecule has 3 N–H and O–H groups in total. The zero-order valence-electron chi connectivity index (χ0n) is 17.6. The first-order valence-electron chi connectivity index (χ1n) is 10.7. The Morgan fingerprint density at radius 1 is 1.16 bits per heavy atom. The molecule has 1 unspecified atom stereocenters. The van der Waals surface area contributed by atoms with Gasteiger partial charge in [0.15, 0.2) is 0 Å². The summed E-state index contributed by atoms with van der Waals surface area (Å²) in [6.07, 6.45) is 1.94. The zero-order chi connectivity index (χ0) is 22.6. The minimum Gasteiger partial charge on any atom is -0.376 e. The van der Waals surface area contributed by atoms with Crippen molar-refractivity contribution >= 4 is 38.9 Å². The largest absolute Gasteiger partial charge is 0.376 e. The summed E-state index contributed by atoms with van der Waals surface area (Å²) in [7, 11) is -3.82. The average Bonchev–Trinajstić information content (AvgIpc) is 3.32. The molecule has 2 aromatic rings. The molecular formula is C22H27ClN4O4S. The molecule has 0 bridgehead atoms. The van der Waals surface area contributed by atoms with Crippen LogP contribution in [0.4, 0.5) is 11.4 Å².